The summed E-state index contributed by atoms with van der Waals surface area (Å²) in [6.45, 7) is 4.57. The van der Waals surface area contributed by atoms with Crippen molar-refractivity contribution in [1.29, 1.82) is 0 Å². The standard InChI is InChI=1S/C14H24N2O5S/c1-9(2)8-22(20,21)16-5-3-10(4-6-16)15-13(17)11-7-12(11)14(18)19/h9-12H,3-8H2,1-2H3,(H,15,17)(H,18,19)/t11-,12-/m0/s1. The van der Waals surface area contributed by atoms with Gasteiger partial charge in [0.1, 0.15) is 0 Å². The summed E-state index contributed by atoms with van der Waals surface area (Å²) in [7, 11) is -3.22. The maximum atomic E-state index is 12.1. The fraction of sp³-hybridized carbons (Fsp3) is 0.857. The molecule has 2 fully saturated rings. The molecule has 0 aromatic rings. The monoisotopic (exact) mass is 332 g/mol. The van der Waals surface area contributed by atoms with Crippen molar-refractivity contribution in [3.05, 3.63) is 0 Å². The molecule has 0 aromatic heterocycles. The van der Waals surface area contributed by atoms with Crippen LogP contribution in [0.4, 0.5) is 0 Å². The Hall–Kier alpha value is -1.15. The quantitative estimate of drug-likeness (QED) is 0.727. The molecule has 126 valence electrons. The van der Waals surface area contributed by atoms with Crippen LogP contribution in [0.2, 0.25) is 0 Å². The summed E-state index contributed by atoms with van der Waals surface area (Å²) in [5.41, 5.74) is 0. The summed E-state index contributed by atoms with van der Waals surface area (Å²) in [6.07, 6.45) is 1.56. The van der Waals surface area contributed by atoms with Gasteiger partial charge in [-0.3, -0.25) is 9.59 Å². The first-order valence-corrected chi connectivity index (χ1v) is 9.32. The van der Waals surface area contributed by atoms with Crippen LogP contribution in [0.25, 0.3) is 0 Å². The Labute approximate surface area is 131 Å². The van der Waals surface area contributed by atoms with Crippen molar-refractivity contribution in [1.82, 2.24) is 9.62 Å². The van der Waals surface area contributed by atoms with E-state index in [1.54, 1.807) is 0 Å². The molecule has 0 aromatic carbocycles. The van der Waals surface area contributed by atoms with Crippen LogP contribution in [0.1, 0.15) is 33.1 Å². The van der Waals surface area contributed by atoms with Gasteiger partial charge in [0, 0.05) is 19.1 Å². The lowest BCUT2D eigenvalue weighted by Crippen LogP contribution is -2.47. The molecule has 0 spiro atoms. The van der Waals surface area contributed by atoms with E-state index in [4.69, 9.17) is 5.11 Å². The number of carbonyl (C=O) groups is 2. The second kappa shape index (κ2) is 6.54. The number of carboxylic acids is 1. The lowest BCUT2D eigenvalue weighted by atomic mass is 10.1. The van der Waals surface area contributed by atoms with Gasteiger partial charge in [0.25, 0.3) is 0 Å². The third-order valence-electron chi connectivity index (χ3n) is 4.18. The highest BCUT2D eigenvalue weighted by molar-refractivity contribution is 7.89. The van der Waals surface area contributed by atoms with Crippen LogP contribution in [0.15, 0.2) is 0 Å². The van der Waals surface area contributed by atoms with Crippen molar-refractivity contribution in [3.63, 3.8) is 0 Å². The zero-order valence-corrected chi connectivity index (χ0v) is 13.8. The van der Waals surface area contributed by atoms with E-state index >= 15 is 0 Å². The first-order valence-electron chi connectivity index (χ1n) is 7.71. The predicted molar refractivity (Wildman–Crippen MR) is 80.6 cm³/mol. The molecule has 0 unspecified atom stereocenters. The summed E-state index contributed by atoms with van der Waals surface area (Å²) in [5.74, 6) is -1.87. The molecule has 22 heavy (non-hydrogen) atoms. The normalized spacial score (nSPS) is 26.9. The van der Waals surface area contributed by atoms with E-state index in [2.05, 4.69) is 5.32 Å². The number of rotatable bonds is 6. The van der Waals surface area contributed by atoms with E-state index in [0.717, 1.165) is 0 Å². The molecule has 1 aliphatic heterocycles. The third kappa shape index (κ3) is 4.19. The highest BCUT2D eigenvalue weighted by Gasteiger charge is 2.48. The van der Waals surface area contributed by atoms with Crippen LogP contribution in [-0.4, -0.2) is 54.6 Å². The van der Waals surface area contributed by atoms with Crippen LogP contribution in [-0.2, 0) is 19.6 Å². The Morgan fingerprint density at radius 3 is 2.27 bits per heavy atom. The highest BCUT2D eigenvalue weighted by atomic mass is 32.2. The van der Waals surface area contributed by atoms with E-state index in [1.807, 2.05) is 13.8 Å². The second-order valence-corrected chi connectivity index (χ2v) is 8.65. The molecule has 2 rings (SSSR count). The maximum absolute atomic E-state index is 12.1. The summed E-state index contributed by atoms with van der Waals surface area (Å²) in [5, 5.41) is 11.7. The Bertz CT molecular complexity index is 537. The van der Waals surface area contributed by atoms with E-state index < -0.39 is 27.8 Å². The number of carbonyl (C=O) groups excluding carboxylic acids is 1. The summed E-state index contributed by atoms with van der Waals surface area (Å²) in [4.78, 5) is 22.7. The number of nitrogens with zero attached hydrogens (tertiary/aromatic N) is 1. The maximum Gasteiger partial charge on any atom is 0.307 e. The van der Waals surface area contributed by atoms with Crippen molar-refractivity contribution < 1.29 is 23.1 Å². The Morgan fingerprint density at radius 2 is 1.82 bits per heavy atom. The number of nitrogens with one attached hydrogen (secondary N) is 1. The molecular formula is C14H24N2O5S. The molecule has 1 saturated carbocycles. The zero-order valence-electron chi connectivity index (χ0n) is 13.0. The summed E-state index contributed by atoms with van der Waals surface area (Å²) < 4.78 is 25.8. The number of hydrogen-bond acceptors (Lipinski definition) is 4. The van der Waals surface area contributed by atoms with Gasteiger partial charge in [-0.15, -0.1) is 0 Å². The van der Waals surface area contributed by atoms with Gasteiger partial charge in [-0.1, -0.05) is 13.8 Å². The predicted octanol–water partition coefficient (Wildman–Crippen LogP) is 0.274. The average Bonchev–Trinajstić information content (AvgIpc) is 3.18. The first kappa shape index (κ1) is 17.2. The van der Waals surface area contributed by atoms with Crippen molar-refractivity contribution in [3.8, 4) is 0 Å². The van der Waals surface area contributed by atoms with E-state index in [9.17, 15) is 18.0 Å². The number of hydrogen-bond donors (Lipinski definition) is 2. The minimum Gasteiger partial charge on any atom is -0.481 e. The van der Waals surface area contributed by atoms with Gasteiger partial charge in [0.2, 0.25) is 15.9 Å². The minimum absolute atomic E-state index is 0.0620. The molecule has 0 bridgehead atoms. The molecule has 0 radical (unpaired) electrons. The lowest BCUT2D eigenvalue weighted by molar-refractivity contribution is -0.140. The van der Waals surface area contributed by atoms with Gasteiger partial charge in [-0.25, -0.2) is 12.7 Å². The topological polar surface area (TPSA) is 104 Å². The van der Waals surface area contributed by atoms with E-state index in [-0.39, 0.29) is 23.6 Å². The van der Waals surface area contributed by atoms with Crippen molar-refractivity contribution in [2.24, 2.45) is 17.8 Å². The Morgan fingerprint density at radius 1 is 1.23 bits per heavy atom. The van der Waals surface area contributed by atoms with Gasteiger partial charge in [0.05, 0.1) is 17.6 Å². The van der Waals surface area contributed by atoms with Gasteiger partial charge in [-0.2, -0.15) is 0 Å². The van der Waals surface area contributed by atoms with Crippen LogP contribution < -0.4 is 5.32 Å². The smallest absolute Gasteiger partial charge is 0.307 e. The molecule has 2 atom stereocenters. The van der Waals surface area contributed by atoms with Crippen molar-refractivity contribution in [2.45, 2.75) is 39.2 Å². The van der Waals surface area contributed by atoms with Gasteiger partial charge < -0.3 is 10.4 Å². The van der Waals surface area contributed by atoms with Gasteiger partial charge >= 0.3 is 5.97 Å². The van der Waals surface area contributed by atoms with E-state index in [1.165, 1.54) is 4.31 Å². The van der Waals surface area contributed by atoms with E-state index in [0.29, 0.717) is 32.4 Å². The van der Waals surface area contributed by atoms with Gasteiger partial charge in [0.15, 0.2) is 0 Å². The Kier molecular flexibility index (Phi) is 5.11. The first-order chi connectivity index (χ1) is 10.2. The number of amides is 1. The highest BCUT2D eigenvalue weighted by Crippen LogP contribution is 2.38. The second-order valence-electron chi connectivity index (χ2n) is 6.64. The zero-order chi connectivity index (χ0) is 16.5. The molecular weight excluding hydrogens is 308 g/mol. The molecule has 8 heteroatoms. The molecule has 2 aliphatic rings. The van der Waals surface area contributed by atoms with Crippen molar-refractivity contribution in [2.75, 3.05) is 18.8 Å². The molecule has 7 nitrogen and oxygen atoms in total. The minimum atomic E-state index is -3.22. The molecule has 2 N–H and O–H groups in total. The number of piperidine rings is 1. The largest absolute Gasteiger partial charge is 0.481 e. The molecule has 1 amide bonds. The van der Waals surface area contributed by atoms with Crippen LogP contribution >= 0.6 is 0 Å². The summed E-state index contributed by atoms with van der Waals surface area (Å²) >= 11 is 0. The SMILES string of the molecule is CC(C)CS(=O)(=O)N1CCC(NC(=O)[C@H]2C[C@@H]2C(=O)O)CC1. The number of carboxylic acid groups (broad SMARTS) is 1. The van der Waals surface area contributed by atoms with Crippen molar-refractivity contribution >= 4 is 21.9 Å². The third-order valence-corrected chi connectivity index (χ3v) is 6.42. The molecule has 1 heterocycles. The number of sulfonamides is 1. The van der Waals surface area contributed by atoms with Gasteiger partial charge in [-0.05, 0) is 25.2 Å². The molecule has 1 saturated heterocycles. The average molecular weight is 332 g/mol. The fourth-order valence-corrected chi connectivity index (χ4v) is 4.69. The number of aliphatic carboxylic acids is 1. The molecule has 1 aliphatic carbocycles. The van der Waals surface area contributed by atoms with Crippen LogP contribution in [0.5, 0.6) is 0 Å². The van der Waals surface area contributed by atoms with Crippen LogP contribution in [0, 0.1) is 17.8 Å². The lowest BCUT2D eigenvalue weighted by Gasteiger charge is -2.32. The fourth-order valence-electron chi connectivity index (χ4n) is 2.87. The van der Waals surface area contributed by atoms with Crippen LogP contribution in [0.3, 0.4) is 0 Å². The Balaban J connectivity index is 1.78. The summed E-state index contributed by atoms with van der Waals surface area (Å²) in [6, 6.07) is -0.0620.